The largest absolute Gasteiger partial charge is 0.380 e. The van der Waals surface area contributed by atoms with E-state index in [0.29, 0.717) is 11.7 Å². The fraction of sp³-hybridized carbons (Fsp3) is 0.615. The number of ketones is 1. The standard InChI is InChI=1S/C13H19NO2/c1-2-8-16-9-7-14-6-5-12(10-14)13(15)11-3-4-11/h5-6,10-11H,2-4,7-9H2,1H3. The van der Waals surface area contributed by atoms with Crippen molar-refractivity contribution in [2.24, 2.45) is 5.92 Å². The van der Waals surface area contributed by atoms with E-state index in [1.165, 1.54) is 0 Å². The lowest BCUT2D eigenvalue weighted by atomic mass is 10.1. The number of carbonyl (C=O) groups is 1. The van der Waals surface area contributed by atoms with Gasteiger partial charge in [-0.15, -0.1) is 0 Å². The fourth-order valence-corrected chi connectivity index (χ4v) is 1.72. The minimum atomic E-state index is 0.312. The highest BCUT2D eigenvalue weighted by atomic mass is 16.5. The summed E-state index contributed by atoms with van der Waals surface area (Å²) in [5.74, 6) is 0.625. The van der Waals surface area contributed by atoms with Crippen molar-refractivity contribution >= 4 is 5.78 Å². The van der Waals surface area contributed by atoms with Gasteiger partial charge in [0.25, 0.3) is 0 Å². The van der Waals surface area contributed by atoms with E-state index < -0.39 is 0 Å². The first-order valence-electron chi connectivity index (χ1n) is 6.09. The first-order valence-corrected chi connectivity index (χ1v) is 6.09. The minimum Gasteiger partial charge on any atom is -0.380 e. The Balaban J connectivity index is 1.80. The SMILES string of the molecule is CCCOCCn1ccc(C(=O)C2CC2)c1. The molecule has 0 aromatic carbocycles. The lowest BCUT2D eigenvalue weighted by Gasteiger charge is -2.03. The maximum absolute atomic E-state index is 11.8. The zero-order valence-electron chi connectivity index (χ0n) is 9.82. The number of aromatic nitrogens is 1. The molecule has 1 saturated carbocycles. The second-order valence-corrected chi connectivity index (χ2v) is 4.39. The summed E-state index contributed by atoms with van der Waals surface area (Å²) < 4.78 is 7.44. The summed E-state index contributed by atoms with van der Waals surface area (Å²) >= 11 is 0. The average Bonchev–Trinajstić information content (AvgIpc) is 3.03. The van der Waals surface area contributed by atoms with Gasteiger partial charge in [0.2, 0.25) is 0 Å². The van der Waals surface area contributed by atoms with Gasteiger partial charge in [-0.25, -0.2) is 0 Å². The molecule has 0 unspecified atom stereocenters. The average molecular weight is 221 g/mol. The van der Waals surface area contributed by atoms with E-state index in [0.717, 1.165) is 44.6 Å². The van der Waals surface area contributed by atoms with Crippen LogP contribution in [-0.2, 0) is 11.3 Å². The van der Waals surface area contributed by atoms with Crippen LogP contribution in [-0.4, -0.2) is 23.6 Å². The van der Waals surface area contributed by atoms with E-state index in [1.54, 1.807) is 0 Å². The number of carbonyl (C=O) groups excluding carboxylic acids is 1. The van der Waals surface area contributed by atoms with E-state index in [-0.39, 0.29) is 0 Å². The quantitative estimate of drug-likeness (QED) is 0.523. The summed E-state index contributed by atoms with van der Waals surface area (Å²) in [4.78, 5) is 11.8. The number of rotatable bonds is 7. The molecule has 1 heterocycles. The molecule has 3 heteroatoms. The summed E-state index contributed by atoms with van der Waals surface area (Å²) in [5, 5.41) is 0. The van der Waals surface area contributed by atoms with Crippen LogP contribution in [0.1, 0.15) is 36.5 Å². The maximum Gasteiger partial charge on any atom is 0.167 e. The van der Waals surface area contributed by atoms with Gasteiger partial charge in [-0.3, -0.25) is 4.79 Å². The molecule has 0 spiro atoms. The molecule has 1 aromatic rings. The van der Waals surface area contributed by atoms with Crippen LogP contribution in [0.4, 0.5) is 0 Å². The Bertz CT molecular complexity index is 353. The maximum atomic E-state index is 11.8. The normalized spacial score (nSPS) is 15.3. The summed E-state index contributed by atoms with van der Waals surface area (Å²) in [6.07, 6.45) is 7.10. The van der Waals surface area contributed by atoms with Crippen molar-refractivity contribution in [1.82, 2.24) is 4.57 Å². The minimum absolute atomic E-state index is 0.312. The molecule has 0 bridgehead atoms. The van der Waals surface area contributed by atoms with E-state index in [1.807, 2.05) is 23.0 Å². The molecule has 88 valence electrons. The van der Waals surface area contributed by atoms with Gasteiger partial charge in [-0.1, -0.05) is 6.92 Å². The molecule has 1 aromatic heterocycles. The second kappa shape index (κ2) is 5.30. The number of nitrogens with zero attached hydrogens (tertiary/aromatic N) is 1. The number of ether oxygens (including phenoxy) is 1. The third-order valence-electron chi connectivity index (χ3n) is 2.83. The van der Waals surface area contributed by atoms with Crippen molar-refractivity contribution in [3.8, 4) is 0 Å². The lowest BCUT2D eigenvalue weighted by molar-refractivity contribution is 0.0967. The van der Waals surface area contributed by atoms with Crippen LogP contribution in [0.25, 0.3) is 0 Å². The van der Waals surface area contributed by atoms with Crippen molar-refractivity contribution in [3.05, 3.63) is 24.0 Å². The molecule has 0 aliphatic heterocycles. The van der Waals surface area contributed by atoms with Crippen LogP contribution >= 0.6 is 0 Å². The Labute approximate surface area is 96.4 Å². The molecular weight excluding hydrogens is 202 g/mol. The van der Waals surface area contributed by atoms with Crippen LogP contribution in [0.2, 0.25) is 0 Å². The highest BCUT2D eigenvalue weighted by molar-refractivity contribution is 5.99. The summed E-state index contributed by atoms with van der Waals surface area (Å²) in [7, 11) is 0. The zero-order chi connectivity index (χ0) is 11.4. The van der Waals surface area contributed by atoms with Crippen molar-refractivity contribution in [2.75, 3.05) is 13.2 Å². The van der Waals surface area contributed by atoms with Gasteiger partial charge in [0, 0.05) is 37.0 Å². The van der Waals surface area contributed by atoms with Crippen molar-refractivity contribution in [3.63, 3.8) is 0 Å². The van der Waals surface area contributed by atoms with Crippen LogP contribution < -0.4 is 0 Å². The zero-order valence-corrected chi connectivity index (χ0v) is 9.82. The molecule has 0 amide bonds. The molecule has 0 atom stereocenters. The van der Waals surface area contributed by atoms with E-state index in [4.69, 9.17) is 4.74 Å². The Morgan fingerprint density at radius 1 is 1.50 bits per heavy atom. The lowest BCUT2D eigenvalue weighted by Crippen LogP contribution is -2.05. The third-order valence-corrected chi connectivity index (χ3v) is 2.83. The number of hydrogen-bond donors (Lipinski definition) is 0. The Hall–Kier alpha value is -1.09. The highest BCUT2D eigenvalue weighted by Gasteiger charge is 2.30. The topological polar surface area (TPSA) is 31.2 Å². The van der Waals surface area contributed by atoms with Crippen molar-refractivity contribution < 1.29 is 9.53 Å². The molecule has 16 heavy (non-hydrogen) atoms. The molecule has 3 nitrogen and oxygen atoms in total. The summed E-state index contributed by atoms with van der Waals surface area (Å²) in [6.45, 7) is 4.47. The molecule has 1 aliphatic carbocycles. The van der Waals surface area contributed by atoms with E-state index in [2.05, 4.69) is 6.92 Å². The van der Waals surface area contributed by atoms with Gasteiger partial charge < -0.3 is 9.30 Å². The number of hydrogen-bond acceptors (Lipinski definition) is 2. The first kappa shape index (κ1) is 11.4. The van der Waals surface area contributed by atoms with E-state index in [9.17, 15) is 4.79 Å². The fourth-order valence-electron chi connectivity index (χ4n) is 1.72. The molecule has 0 radical (unpaired) electrons. The van der Waals surface area contributed by atoms with Crippen LogP contribution in [0, 0.1) is 5.92 Å². The molecule has 1 aliphatic rings. The van der Waals surface area contributed by atoms with Gasteiger partial charge in [0.15, 0.2) is 5.78 Å². The van der Waals surface area contributed by atoms with Gasteiger partial charge in [0.1, 0.15) is 0 Å². The highest BCUT2D eigenvalue weighted by Crippen LogP contribution is 2.32. The Kier molecular flexibility index (Phi) is 3.78. The van der Waals surface area contributed by atoms with Crippen LogP contribution in [0.3, 0.4) is 0 Å². The van der Waals surface area contributed by atoms with Crippen molar-refractivity contribution in [2.45, 2.75) is 32.7 Å². The smallest absolute Gasteiger partial charge is 0.167 e. The van der Waals surface area contributed by atoms with E-state index >= 15 is 0 Å². The van der Waals surface area contributed by atoms with Gasteiger partial charge in [-0.2, -0.15) is 0 Å². The first-order chi connectivity index (χ1) is 7.81. The summed E-state index contributed by atoms with van der Waals surface area (Å²) in [5.41, 5.74) is 0.859. The summed E-state index contributed by atoms with van der Waals surface area (Å²) in [6, 6.07) is 1.92. The van der Waals surface area contributed by atoms with Crippen molar-refractivity contribution in [1.29, 1.82) is 0 Å². The molecule has 0 N–H and O–H groups in total. The Morgan fingerprint density at radius 3 is 3.00 bits per heavy atom. The molecule has 2 rings (SSSR count). The molecule has 0 saturated heterocycles. The number of Topliss-reactive ketones (excluding diaryl/α,β-unsaturated/α-hetero) is 1. The predicted molar refractivity (Wildman–Crippen MR) is 62.6 cm³/mol. The predicted octanol–water partition coefficient (Wildman–Crippen LogP) is 2.51. The van der Waals surface area contributed by atoms with Gasteiger partial charge >= 0.3 is 0 Å². The molecular formula is C13H19NO2. The molecule has 1 fully saturated rings. The van der Waals surface area contributed by atoms with Crippen LogP contribution in [0.15, 0.2) is 18.5 Å². The van der Waals surface area contributed by atoms with Gasteiger partial charge in [-0.05, 0) is 25.3 Å². The third kappa shape index (κ3) is 2.95. The second-order valence-electron chi connectivity index (χ2n) is 4.39. The monoisotopic (exact) mass is 221 g/mol. The van der Waals surface area contributed by atoms with Crippen LogP contribution in [0.5, 0.6) is 0 Å². The van der Waals surface area contributed by atoms with Gasteiger partial charge in [0.05, 0.1) is 6.61 Å². The Morgan fingerprint density at radius 2 is 2.31 bits per heavy atom.